The molecule has 0 saturated carbocycles. The van der Waals surface area contributed by atoms with E-state index in [4.69, 9.17) is 4.98 Å². The van der Waals surface area contributed by atoms with E-state index in [2.05, 4.69) is 114 Å². The van der Waals surface area contributed by atoms with Crippen LogP contribution in [0.3, 0.4) is 0 Å². The molecule has 2 nitrogen and oxygen atoms in total. The third-order valence-corrected chi connectivity index (χ3v) is 6.65. The first kappa shape index (κ1) is 18.2. The summed E-state index contributed by atoms with van der Waals surface area (Å²) < 4.78 is 0. The van der Waals surface area contributed by atoms with E-state index in [0.717, 1.165) is 17.2 Å². The van der Waals surface area contributed by atoms with Crippen molar-refractivity contribution in [3.63, 3.8) is 0 Å². The van der Waals surface area contributed by atoms with Crippen LogP contribution in [0.1, 0.15) is 0 Å². The van der Waals surface area contributed by atoms with Crippen LogP contribution in [-0.2, 0) is 0 Å². The Labute approximate surface area is 192 Å². The molecule has 6 aromatic rings. The number of benzene rings is 5. The third-order valence-electron chi connectivity index (χ3n) is 6.65. The van der Waals surface area contributed by atoms with Crippen LogP contribution in [0.25, 0.3) is 43.8 Å². The molecule has 33 heavy (non-hydrogen) atoms. The molecule has 0 spiro atoms. The maximum atomic E-state index is 4.77. The van der Waals surface area contributed by atoms with Crippen LogP contribution in [-0.4, -0.2) is 4.98 Å². The van der Waals surface area contributed by atoms with Crippen LogP contribution in [0.2, 0.25) is 0 Å². The summed E-state index contributed by atoms with van der Waals surface area (Å²) in [7, 11) is 0. The van der Waals surface area contributed by atoms with Gasteiger partial charge in [0.25, 0.3) is 0 Å². The molecular weight excluding hydrogens is 400 g/mol. The zero-order valence-electron chi connectivity index (χ0n) is 17.9. The molecule has 1 aromatic heterocycles. The molecule has 0 radical (unpaired) electrons. The first-order valence-electron chi connectivity index (χ1n) is 11.2. The van der Waals surface area contributed by atoms with Gasteiger partial charge in [0.05, 0.1) is 11.4 Å². The monoisotopic (exact) mass is 420 g/mol. The van der Waals surface area contributed by atoms with E-state index in [1.165, 1.54) is 43.8 Å². The molecule has 0 atom stereocenters. The number of nitrogens with zero attached hydrogens (tertiary/aromatic N) is 2. The fraction of sp³-hybridized carbons (Fsp3) is 0. The minimum atomic E-state index is 0.907. The Bertz CT molecular complexity index is 1630. The Morgan fingerprint density at radius 3 is 1.94 bits per heavy atom. The second kappa shape index (κ2) is 7.04. The molecule has 1 aliphatic rings. The van der Waals surface area contributed by atoms with Crippen molar-refractivity contribution in [1.82, 2.24) is 4.98 Å². The van der Waals surface area contributed by atoms with Gasteiger partial charge in [-0.1, -0.05) is 91.0 Å². The molecule has 5 aromatic carbocycles. The van der Waals surface area contributed by atoms with Crippen LogP contribution in [0.5, 0.6) is 0 Å². The molecule has 0 fully saturated rings. The topological polar surface area (TPSA) is 16.1 Å². The summed E-state index contributed by atoms with van der Waals surface area (Å²) in [4.78, 5) is 7.07. The molecular formula is C31H20N2. The molecule has 1 heterocycles. The standard InChI is InChI=1S/C31H20N2/c1-2-11-22-21(9-1)10-7-16-28(22)33(30-17-5-6-20-32-30)29-19-18-26-24-13-4-3-12-23(24)25-14-8-15-27(29)31(25)26/h1-20H. The molecule has 0 unspecified atom stereocenters. The summed E-state index contributed by atoms with van der Waals surface area (Å²) in [6, 6.07) is 41.0. The fourth-order valence-corrected chi connectivity index (χ4v) is 5.25. The van der Waals surface area contributed by atoms with E-state index < -0.39 is 0 Å². The van der Waals surface area contributed by atoms with Crippen LogP contribution in [0.4, 0.5) is 17.2 Å². The predicted octanol–water partition coefficient (Wildman–Crippen LogP) is 8.51. The van der Waals surface area contributed by atoms with Crippen molar-refractivity contribution >= 4 is 38.7 Å². The van der Waals surface area contributed by atoms with Crippen LogP contribution in [0, 0.1) is 0 Å². The second-order valence-corrected chi connectivity index (χ2v) is 8.43. The van der Waals surface area contributed by atoms with Crippen molar-refractivity contribution in [3.8, 4) is 22.3 Å². The normalized spacial score (nSPS) is 11.6. The SMILES string of the molecule is c1ccc(N(c2cccc3ccccc23)c2ccc3c4c(cccc24)-c2ccccc2-3)nc1. The van der Waals surface area contributed by atoms with Crippen molar-refractivity contribution in [1.29, 1.82) is 0 Å². The molecule has 0 N–H and O–H groups in total. The van der Waals surface area contributed by atoms with Gasteiger partial charge >= 0.3 is 0 Å². The summed E-state index contributed by atoms with van der Waals surface area (Å²) in [5.74, 6) is 0.907. The van der Waals surface area contributed by atoms with E-state index in [1.54, 1.807) is 0 Å². The van der Waals surface area contributed by atoms with Gasteiger partial charge < -0.3 is 0 Å². The third kappa shape index (κ3) is 2.64. The summed E-state index contributed by atoms with van der Waals surface area (Å²) in [5.41, 5.74) is 7.49. The average molecular weight is 421 g/mol. The zero-order valence-corrected chi connectivity index (χ0v) is 17.9. The van der Waals surface area contributed by atoms with Gasteiger partial charge in [0.1, 0.15) is 5.82 Å². The highest BCUT2D eigenvalue weighted by atomic mass is 15.2. The van der Waals surface area contributed by atoms with Gasteiger partial charge in [-0.25, -0.2) is 4.98 Å². The first-order valence-corrected chi connectivity index (χ1v) is 11.2. The van der Waals surface area contributed by atoms with Gasteiger partial charge in [-0.05, 0) is 57.3 Å². The number of fused-ring (bicyclic) bond motifs is 4. The van der Waals surface area contributed by atoms with Crippen LogP contribution >= 0.6 is 0 Å². The van der Waals surface area contributed by atoms with E-state index in [0.29, 0.717) is 0 Å². The smallest absolute Gasteiger partial charge is 0.137 e. The maximum Gasteiger partial charge on any atom is 0.137 e. The number of hydrogen-bond donors (Lipinski definition) is 0. The van der Waals surface area contributed by atoms with E-state index >= 15 is 0 Å². The van der Waals surface area contributed by atoms with Gasteiger partial charge in [0.15, 0.2) is 0 Å². The highest BCUT2D eigenvalue weighted by Gasteiger charge is 2.25. The lowest BCUT2D eigenvalue weighted by Crippen LogP contribution is -2.12. The summed E-state index contributed by atoms with van der Waals surface area (Å²) in [6.45, 7) is 0. The molecule has 154 valence electrons. The predicted molar refractivity (Wildman–Crippen MR) is 138 cm³/mol. The number of rotatable bonds is 3. The van der Waals surface area contributed by atoms with E-state index in [-0.39, 0.29) is 0 Å². The van der Waals surface area contributed by atoms with Gasteiger partial charge in [-0.15, -0.1) is 0 Å². The van der Waals surface area contributed by atoms with Crippen LogP contribution < -0.4 is 4.90 Å². The Morgan fingerprint density at radius 1 is 0.455 bits per heavy atom. The zero-order chi connectivity index (χ0) is 21.8. The lowest BCUT2D eigenvalue weighted by Gasteiger charge is -2.27. The number of hydrogen-bond acceptors (Lipinski definition) is 2. The second-order valence-electron chi connectivity index (χ2n) is 8.43. The Balaban J connectivity index is 1.57. The molecule has 0 bridgehead atoms. The minimum absolute atomic E-state index is 0.907. The molecule has 2 heteroatoms. The lowest BCUT2D eigenvalue weighted by atomic mass is 10.00. The highest BCUT2D eigenvalue weighted by molar-refractivity contribution is 6.19. The van der Waals surface area contributed by atoms with Crippen molar-refractivity contribution < 1.29 is 0 Å². The molecule has 0 aliphatic heterocycles. The molecule has 0 saturated heterocycles. The van der Waals surface area contributed by atoms with E-state index in [9.17, 15) is 0 Å². The molecule has 7 rings (SSSR count). The van der Waals surface area contributed by atoms with Gasteiger partial charge in [0.2, 0.25) is 0 Å². The Morgan fingerprint density at radius 2 is 1.09 bits per heavy atom. The van der Waals surface area contributed by atoms with Crippen molar-refractivity contribution in [2.45, 2.75) is 0 Å². The lowest BCUT2D eigenvalue weighted by molar-refractivity contribution is 1.19. The van der Waals surface area contributed by atoms with E-state index in [1.807, 2.05) is 12.3 Å². The summed E-state index contributed by atoms with van der Waals surface area (Å²) in [6.07, 6.45) is 1.86. The number of anilines is 3. The number of pyridine rings is 1. The van der Waals surface area contributed by atoms with Crippen molar-refractivity contribution in [3.05, 3.63) is 121 Å². The average Bonchev–Trinajstić information content (AvgIpc) is 3.22. The number of aromatic nitrogens is 1. The fourth-order valence-electron chi connectivity index (χ4n) is 5.25. The highest BCUT2D eigenvalue weighted by Crippen LogP contribution is 2.51. The molecule has 0 amide bonds. The quantitative estimate of drug-likeness (QED) is 0.285. The molecule has 1 aliphatic carbocycles. The largest absolute Gasteiger partial charge is 0.294 e. The first-order chi connectivity index (χ1) is 16.4. The summed E-state index contributed by atoms with van der Waals surface area (Å²) in [5, 5.41) is 4.98. The minimum Gasteiger partial charge on any atom is -0.294 e. The maximum absolute atomic E-state index is 4.77. The Kier molecular flexibility index (Phi) is 3.88. The summed E-state index contributed by atoms with van der Waals surface area (Å²) >= 11 is 0. The van der Waals surface area contributed by atoms with Crippen molar-refractivity contribution in [2.24, 2.45) is 0 Å². The van der Waals surface area contributed by atoms with Gasteiger partial charge in [-0.3, -0.25) is 4.90 Å². The van der Waals surface area contributed by atoms with Gasteiger partial charge in [-0.2, -0.15) is 0 Å². The van der Waals surface area contributed by atoms with Crippen molar-refractivity contribution in [2.75, 3.05) is 4.90 Å². The van der Waals surface area contributed by atoms with Crippen LogP contribution in [0.15, 0.2) is 121 Å². The van der Waals surface area contributed by atoms with Gasteiger partial charge in [0, 0.05) is 17.0 Å². The Hall–Kier alpha value is -4.43.